The van der Waals surface area contributed by atoms with Crippen LogP contribution in [0.2, 0.25) is 0 Å². The second-order valence-corrected chi connectivity index (χ2v) is 7.08. The van der Waals surface area contributed by atoms with Crippen LogP contribution in [0.25, 0.3) is 0 Å². The van der Waals surface area contributed by atoms with Crippen molar-refractivity contribution in [1.29, 1.82) is 0 Å². The zero-order chi connectivity index (χ0) is 18.1. The van der Waals surface area contributed by atoms with E-state index in [0.29, 0.717) is 0 Å². The minimum Gasteiger partial charge on any atom is -0.369 e. The number of nitrogens with zero attached hydrogens (tertiary/aromatic N) is 3. The number of nitrogens with one attached hydrogen (secondary N) is 1. The molecular weight excluding hydrogens is 312 g/mol. The lowest BCUT2D eigenvalue weighted by Crippen LogP contribution is -2.47. The molecule has 0 radical (unpaired) electrons. The maximum Gasteiger partial charge on any atom is 0.237 e. The Morgan fingerprint density at radius 1 is 1.16 bits per heavy atom. The number of rotatable bonds is 9. The molecule has 0 aliphatic carbocycles. The minimum atomic E-state index is -0.000540. The van der Waals surface area contributed by atoms with Gasteiger partial charge in [0, 0.05) is 38.4 Å². The van der Waals surface area contributed by atoms with Gasteiger partial charge in [0.05, 0.1) is 6.04 Å². The van der Waals surface area contributed by atoms with Gasteiger partial charge < -0.3 is 10.2 Å². The molecule has 1 aliphatic rings. The maximum atomic E-state index is 12.3. The quantitative estimate of drug-likeness (QED) is 0.695. The molecule has 1 aromatic carbocycles. The highest BCUT2D eigenvalue weighted by molar-refractivity contribution is 5.81. The lowest BCUT2D eigenvalue weighted by molar-refractivity contribution is -0.125. The van der Waals surface area contributed by atoms with Crippen LogP contribution in [0.15, 0.2) is 30.3 Å². The highest BCUT2D eigenvalue weighted by Crippen LogP contribution is 2.15. The Morgan fingerprint density at radius 2 is 1.84 bits per heavy atom. The number of amides is 1. The third-order valence-electron chi connectivity index (χ3n) is 4.93. The summed E-state index contributed by atoms with van der Waals surface area (Å²) in [5, 5.41) is 3.11. The number of carbonyl (C=O) groups excluding carboxylic acids is 1. The molecule has 5 heteroatoms. The molecule has 1 unspecified atom stereocenters. The summed E-state index contributed by atoms with van der Waals surface area (Å²) >= 11 is 0. The van der Waals surface area contributed by atoms with Crippen molar-refractivity contribution in [2.24, 2.45) is 0 Å². The van der Waals surface area contributed by atoms with Crippen molar-refractivity contribution in [3.8, 4) is 0 Å². The van der Waals surface area contributed by atoms with Crippen LogP contribution in [0.1, 0.15) is 26.2 Å². The predicted molar refractivity (Wildman–Crippen MR) is 105 cm³/mol. The zero-order valence-corrected chi connectivity index (χ0v) is 16.1. The highest BCUT2D eigenvalue weighted by Gasteiger charge is 2.19. The fourth-order valence-corrected chi connectivity index (χ4v) is 3.40. The Labute approximate surface area is 153 Å². The Morgan fingerprint density at radius 3 is 2.44 bits per heavy atom. The SMILES string of the molecule is CCCC(C(=O)NCCCN1CCN(c2ccccc2)CC1)N(C)C. The first kappa shape index (κ1) is 19.7. The number of hydrogen-bond donors (Lipinski definition) is 1. The van der Waals surface area contributed by atoms with E-state index in [-0.39, 0.29) is 11.9 Å². The molecular formula is C20H34N4O. The van der Waals surface area contributed by atoms with Gasteiger partial charge in [-0.05, 0) is 45.6 Å². The number of likely N-dealkylation sites (N-methyl/N-ethyl adjacent to an activating group) is 1. The van der Waals surface area contributed by atoms with Crippen LogP contribution in [-0.4, -0.2) is 75.1 Å². The highest BCUT2D eigenvalue weighted by atomic mass is 16.2. The second-order valence-electron chi connectivity index (χ2n) is 7.08. The summed E-state index contributed by atoms with van der Waals surface area (Å²) in [5.41, 5.74) is 1.32. The number of piperazine rings is 1. The van der Waals surface area contributed by atoms with Gasteiger partial charge in [-0.2, -0.15) is 0 Å². The molecule has 25 heavy (non-hydrogen) atoms. The molecule has 1 atom stereocenters. The third-order valence-corrected chi connectivity index (χ3v) is 4.93. The van der Waals surface area contributed by atoms with E-state index in [2.05, 4.69) is 52.4 Å². The van der Waals surface area contributed by atoms with E-state index >= 15 is 0 Å². The van der Waals surface area contributed by atoms with E-state index in [1.54, 1.807) is 0 Å². The summed E-state index contributed by atoms with van der Waals surface area (Å²) in [5.74, 6) is 0.167. The standard InChI is InChI=1S/C20H34N4O/c1-4-9-19(22(2)3)20(25)21-12-8-13-23-14-16-24(17-15-23)18-10-6-5-7-11-18/h5-7,10-11,19H,4,8-9,12-17H2,1-3H3,(H,21,25). The largest absolute Gasteiger partial charge is 0.369 e. The van der Waals surface area contributed by atoms with Crippen molar-refractivity contribution in [3.63, 3.8) is 0 Å². The van der Waals surface area contributed by atoms with Gasteiger partial charge in [-0.25, -0.2) is 0 Å². The van der Waals surface area contributed by atoms with E-state index < -0.39 is 0 Å². The van der Waals surface area contributed by atoms with E-state index in [1.165, 1.54) is 5.69 Å². The molecule has 1 saturated heterocycles. The van der Waals surface area contributed by atoms with Gasteiger partial charge in [0.2, 0.25) is 5.91 Å². The average molecular weight is 347 g/mol. The monoisotopic (exact) mass is 346 g/mol. The zero-order valence-electron chi connectivity index (χ0n) is 16.1. The van der Waals surface area contributed by atoms with Crippen LogP contribution in [0.3, 0.4) is 0 Å². The number of carbonyl (C=O) groups is 1. The third kappa shape index (κ3) is 6.33. The summed E-state index contributed by atoms with van der Waals surface area (Å²) in [6.07, 6.45) is 2.96. The lowest BCUT2D eigenvalue weighted by Gasteiger charge is -2.36. The molecule has 1 aliphatic heterocycles. The van der Waals surface area contributed by atoms with E-state index in [9.17, 15) is 4.79 Å². The van der Waals surface area contributed by atoms with Crippen molar-refractivity contribution >= 4 is 11.6 Å². The molecule has 1 N–H and O–H groups in total. The molecule has 0 spiro atoms. The molecule has 1 aromatic rings. The Balaban J connectivity index is 1.62. The van der Waals surface area contributed by atoms with Crippen LogP contribution in [0.5, 0.6) is 0 Å². The van der Waals surface area contributed by atoms with Gasteiger partial charge in [-0.15, -0.1) is 0 Å². The summed E-state index contributed by atoms with van der Waals surface area (Å²) < 4.78 is 0. The van der Waals surface area contributed by atoms with Crippen molar-refractivity contribution in [2.45, 2.75) is 32.2 Å². The van der Waals surface area contributed by atoms with Gasteiger partial charge in [0.1, 0.15) is 0 Å². The van der Waals surface area contributed by atoms with Gasteiger partial charge in [0.25, 0.3) is 0 Å². The van der Waals surface area contributed by atoms with Crippen molar-refractivity contribution in [3.05, 3.63) is 30.3 Å². The molecule has 5 nitrogen and oxygen atoms in total. The molecule has 1 heterocycles. The number of benzene rings is 1. The predicted octanol–water partition coefficient (Wildman–Crippen LogP) is 2.05. The van der Waals surface area contributed by atoms with E-state index in [4.69, 9.17) is 0 Å². The molecule has 1 amide bonds. The molecule has 140 valence electrons. The smallest absolute Gasteiger partial charge is 0.237 e. The number of anilines is 1. The van der Waals surface area contributed by atoms with E-state index in [0.717, 1.165) is 58.5 Å². The average Bonchev–Trinajstić information content (AvgIpc) is 2.64. The first-order valence-electron chi connectivity index (χ1n) is 9.58. The summed E-state index contributed by atoms with van der Waals surface area (Å²) in [6.45, 7) is 8.30. The Hall–Kier alpha value is -1.59. The van der Waals surface area contributed by atoms with Crippen LogP contribution in [-0.2, 0) is 4.79 Å². The van der Waals surface area contributed by atoms with Crippen molar-refractivity contribution in [2.75, 3.05) is 58.3 Å². The molecule has 1 fully saturated rings. The fraction of sp³-hybridized carbons (Fsp3) is 0.650. The fourth-order valence-electron chi connectivity index (χ4n) is 3.40. The number of para-hydroxylation sites is 1. The Bertz CT molecular complexity index is 498. The topological polar surface area (TPSA) is 38.8 Å². The molecule has 0 bridgehead atoms. The van der Waals surface area contributed by atoms with Gasteiger partial charge in [-0.3, -0.25) is 14.6 Å². The first-order valence-corrected chi connectivity index (χ1v) is 9.58. The van der Waals surface area contributed by atoms with Crippen LogP contribution >= 0.6 is 0 Å². The lowest BCUT2D eigenvalue weighted by atomic mass is 10.1. The number of hydrogen-bond acceptors (Lipinski definition) is 4. The van der Waals surface area contributed by atoms with Crippen molar-refractivity contribution < 1.29 is 4.79 Å². The van der Waals surface area contributed by atoms with E-state index in [1.807, 2.05) is 19.0 Å². The summed E-state index contributed by atoms with van der Waals surface area (Å²) in [7, 11) is 3.96. The van der Waals surface area contributed by atoms with Crippen LogP contribution in [0.4, 0.5) is 5.69 Å². The molecule has 2 rings (SSSR count). The van der Waals surface area contributed by atoms with Gasteiger partial charge in [0.15, 0.2) is 0 Å². The maximum absolute atomic E-state index is 12.3. The minimum absolute atomic E-state index is 0.000540. The first-order chi connectivity index (χ1) is 12.1. The van der Waals surface area contributed by atoms with Crippen LogP contribution < -0.4 is 10.2 Å². The molecule has 0 aromatic heterocycles. The molecule has 0 saturated carbocycles. The van der Waals surface area contributed by atoms with Gasteiger partial charge >= 0.3 is 0 Å². The van der Waals surface area contributed by atoms with Gasteiger partial charge in [-0.1, -0.05) is 31.5 Å². The van der Waals surface area contributed by atoms with Crippen LogP contribution in [0, 0.1) is 0 Å². The summed E-state index contributed by atoms with van der Waals surface area (Å²) in [6, 6.07) is 10.6. The van der Waals surface area contributed by atoms with Crippen molar-refractivity contribution in [1.82, 2.24) is 15.1 Å². The second kappa shape index (κ2) is 10.4. The Kier molecular flexibility index (Phi) is 8.22. The normalized spacial score (nSPS) is 16.9. The summed E-state index contributed by atoms with van der Waals surface area (Å²) in [4.78, 5) is 19.2.